The van der Waals surface area contributed by atoms with Gasteiger partial charge in [0.15, 0.2) is 0 Å². The molecule has 0 aliphatic heterocycles. The molecule has 0 spiro atoms. The Bertz CT molecular complexity index is 474. The van der Waals surface area contributed by atoms with Crippen molar-refractivity contribution in [3.8, 4) is 0 Å². The summed E-state index contributed by atoms with van der Waals surface area (Å²) in [6, 6.07) is 0.642. The highest BCUT2D eigenvalue weighted by Gasteiger charge is 2.35. The van der Waals surface area contributed by atoms with Gasteiger partial charge in [0, 0.05) is 13.1 Å². The summed E-state index contributed by atoms with van der Waals surface area (Å²) < 4.78 is 37.9. The predicted molar refractivity (Wildman–Crippen MR) is 65.5 cm³/mol. The molecule has 6 nitrogen and oxygen atoms in total. The molecule has 1 N–H and O–H groups in total. The quantitative estimate of drug-likeness (QED) is 0.642. The molecule has 0 bridgehead atoms. The zero-order chi connectivity index (χ0) is 15.3. The minimum absolute atomic E-state index is 0.00991. The van der Waals surface area contributed by atoms with E-state index in [4.69, 9.17) is 5.11 Å². The molecule has 1 rings (SSSR count). The Morgan fingerprint density at radius 3 is 2.55 bits per heavy atom. The van der Waals surface area contributed by atoms with Gasteiger partial charge in [-0.3, -0.25) is 10.1 Å². The number of nitro groups is 1. The summed E-state index contributed by atoms with van der Waals surface area (Å²) in [7, 11) is 0. The average Bonchev–Trinajstić information content (AvgIpc) is 2.36. The number of aliphatic hydroxyl groups is 1. The van der Waals surface area contributed by atoms with Gasteiger partial charge in [-0.05, 0) is 12.5 Å². The van der Waals surface area contributed by atoms with Crippen molar-refractivity contribution < 1.29 is 23.2 Å². The molecular weight excluding hydrogens is 279 g/mol. The zero-order valence-electron chi connectivity index (χ0n) is 10.7. The molecule has 0 saturated heterocycles. The molecule has 1 heterocycles. The number of anilines is 1. The lowest BCUT2D eigenvalue weighted by Crippen LogP contribution is -2.28. The van der Waals surface area contributed by atoms with Gasteiger partial charge in [-0.25, -0.2) is 4.98 Å². The molecule has 0 aliphatic carbocycles. The summed E-state index contributed by atoms with van der Waals surface area (Å²) >= 11 is 0. The van der Waals surface area contributed by atoms with Crippen LogP contribution in [0.1, 0.15) is 19.0 Å². The highest BCUT2D eigenvalue weighted by atomic mass is 19.4. The van der Waals surface area contributed by atoms with Crippen LogP contribution in [0.3, 0.4) is 0 Å². The van der Waals surface area contributed by atoms with Crippen molar-refractivity contribution in [3.63, 3.8) is 0 Å². The fourth-order valence-electron chi connectivity index (χ4n) is 1.73. The fraction of sp³-hybridized carbons (Fsp3) is 0.545. The lowest BCUT2D eigenvalue weighted by molar-refractivity contribution is -0.384. The smallest absolute Gasteiger partial charge is 0.395 e. The van der Waals surface area contributed by atoms with E-state index in [1.165, 1.54) is 4.90 Å². The summed E-state index contributed by atoms with van der Waals surface area (Å²) in [6.07, 6.45) is -3.51. The molecule has 1 aromatic rings. The van der Waals surface area contributed by atoms with E-state index in [2.05, 4.69) is 4.98 Å². The summed E-state index contributed by atoms with van der Waals surface area (Å²) in [5.41, 5.74) is -1.90. The third-order valence-electron chi connectivity index (χ3n) is 2.55. The number of rotatable bonds is 6. The third-order valence-corrected chi connectivity index (χ3v) is 2.55. The van der Waals surface area contributed by atoms with E-state index >= 15 is 0 Å². The van der Waals surface area contributed by atoms with E-state index in [0.29, 0.717) is 25.2 Å². The first kappa shape index (κ1) is 16.2. The van der Waals surface area contributed by atoms with Crippen LogP contribution >= 0.6 is 0 Å². The Labute approximate surface area is 113 Å². The molecular formula is C11H14F3N3O3. The van der Waals surface area contributed by atoms with Gasteiger partial charge < -0.3 is 10.0 Å². The lowest BCUT2D eigenvalue weighted by atomic mass is 10.2. The van der Waals surface area contributed by atoms with Crippen LogP contribution in [-0.2, 0) is 6.18 Å². The Hall–Kier alpha value is -1.90. The summed E-state index contributed by atoms with van der Waals surface area (Å²) in [6.45, 7) is 1.77. The average molecular weight is 293 g/mol. The number of aromatic nitrogens is 1. The number of pyridine rings is 1. The molecule has 112 valence electrons. The van der Waals surface area contributed by atoms with Gasteiger partial charge >= 0.3 is 11.9 Å². The third kappa shape index (κ3) is 3.80. The maximum Gasteiger partial charge on any atom is 0.433 e. The second-order valence-electron chi connectivity index (χ2n) is 4.02. The molecule has 0 fully saturated rings. The van der Waals surface area contributed by atoms with Crippen LogP contribution in [0.2, 0.25) is 0 Å². The van der Waals surface area contributed by atoms with E-state index in [0.717, 1.165) is 0 Å². The number of nitrogens with zero attached hydrogens (tertiary/aromatic N) is 3. The number of aliphatic hydroxyl groups excluding tert-OH is 1. The molecule has 0 aliphatic rings. The largest absolute Gasteiger partial charge is 0.433 e. The van der Waals surface area contributed by atoms with Gasteiger partial charge in [0.1, 0.15) is 17.6 Å². The van der Waals surface area contributed by atoms with E-state index in [1.807, 2.05) is 0 Å². The second kappa shape index (κ2) is 6.51. The van der Waals surface area contributed by atoms with Crippen molar-refractivity contribution >= 4 is 11.4 Å². The van der Waals surface area contributed by atoms with Crippen molar-refractivity contribution in [1.82, 2.24) is 4.98 Å². The van der Waals surface area contributed by atoms with Crippen molar-refractivity contribution in [3.05, 3.63) is 28.1 Å². The molecule has 0 atom stereocenters. The van der Waals surface area contributed by atoms with Crippen LogP contribution in [0, 0.1) is 10.1 Å². The van der Waals surface area contributed by atoms with Crippen LogP contribution in [0.4, 0.5) is 24.5 Å². The van der Waals surface area contributed by atoms with E-state index in [9.17, 15) is 23.3 Å². The number of halogens is 3. The van der Waals surface area contributed by atoms with E-state index in [-0.39, 0.29) is 18.8 Å². The first-order chi connectivity index (χ1) is 9.31. The first-order valence-corrected chi connectivity index (χ1v) is 5.88. The molecule has 0 amide bonds. The second-order valence-corrected chi connectivity index (χ2v) is 4.02. The normalized spacial score (nSPS) is 11.4. The van der Waals surface area contributed by atoms with E-state index in [1.54, 1.807) is 6.92 Å². The molecule has 0 saturated carbocycles. The summed E-state index contributed by atoms with van der Waals surface area (Å²) in [5.74, 6) is 0. The van der Waals surface area contributed by atoms with Crippen LogP contribution in [0.5, 0.6) is 0 Å². The highest BCUT2D eigenvalue weighted by molar-refractivity contribution is 5.63. The van der Waals surface area contributed by atoms with Crippen LogP contribution in [0.15, 0.2) is 12.3 Å². The van der Waals surface area contributed by atoms with Crippen LogP contribution in [-0.4, -0.2) is 34.7 Å². The molecule has 0 unspecified atom stereocenters. The van der Waals surface area contributed by atoms with Crippen molar-refractivity contribution in [1.29, 1.82) is 0 Å². The zero-order valence-corrected chi connectivity index (χ0v) is 10.7. The first-order valence-electron chi connectivity index (χ1n) is 5.88. The molecule has 20 heavy (non-hydrogen) atoms. The number of alkyl halides is 3. The van der Waals surface area contributed by atoms with Gasteiger partial charge in [0.2, 0.25) is 0 Å². The SMILES string of the molecule is CCCN(CCO)c1cc(C(F)(F)F)ncc1[N+](=O)[O-]. The maximum atomic E-state index is 12.6. The molecule has 0 aromatic carbocycles. The summed E-state index contributed by atoms with van der Waals surface area (Å²) in [4.78, 5) is 14.5. The van der Waals surface area contributed by atoms with Gasteiger partial charge in [-0.2, -0.15) is 13.2 Å². The van der Waals surface area contributed by atoms with Crippen LogP contribution < -0.4 is 4.90 Å². The molecule has 1 aromatic heterocycles. The Balaban J connectivity index is 3.33. The van der Waals surface area contributed by atoms with Crippen LogP contribution in [0.25, 0.3) is 0 Å². The minimum atomic E-state index is -4.68. The predicted octanol–water partition coefficient (Wildman–Crippen LogP) is 2.22. The Morgan fingerprint density at radius 1 is 1.45 bits per heavy atom. The van der Waals surface area contributed by atoms with Crippen molar-refractivity contribution in [2.45, 2.75) is 19.5 Å². The fourth-order valence-corrected chi connectivity index (χ4v) is 1.73. The number of hydrogen-bond donors (Lipinski definition) is 1. The minimum Gasteiger partial charge on any atom is -0.395 e. The molecule has 9 heteroatoms. The Kier molecular flexibility index (Phi) is 5.26. The van der Waals surface area contributed by atoms with Crippen molar-refractivity contribution in [2.75, 3.05) is 24.6 Å². The summed E-state index contributed by atoms with van der Waals surface area (Å²) in [5, 5.41) is 19.8. The highest BCUT2D eigenvalue weighted by Crippen LogP contribution is 2.34. The number of hydrogen-bond acceptors (Lipinski definition) is 5. The lowest BCUT2D eigenvalue weighted by Gasteiger charge is -2.23. The topological polar surface area (TPSA) is 79.5 Å². The standard InChI is InChI=1S/C11H14F3N3O3/c1-2-3-16(4-5-18)8-6-10(11(12,13)14)15-7-9(8)17(19)20/h6-7,18H,2-5H2,1H3. The van der Waals surface area contributed by atoms with Gasteiger partial charge in [0.25, 0.3) is 0 Å². The molecule has 0 radical (unpaired) electrons. The monoisotopic (exact) mass is 293 g/mol. The van der Waals surface area contributed by atoms with Gasteiger partial charge in [-0.15, -0.1) is 0 Å². The Morgan fingerprint density at radius 2 is 2.10 bits per heavy atom. The van der Waals surface area contributed by atoms with Gasteiger partial charge in [-0.1, -0.05) is 6.92 Å². The van der Waals surface area contributed by atoms with E-state index < -0.39 is 22.5 Å². The van der Waals surface area contributed by atoms with Crippen molar-refractivity contribution in [2.24, 2.45) is 0 Å². The maximum absolute atomic E-state index is 12.6. The van der Waals surface area contributed by atoms with Gasteiger partial charge in [0.05, 0.1) is 11.5 Å².